The molecule has 0 radical (unpaired) electrons. The minimum atomic E-state index is 0.107. The van der Waals surface area contributed by atoms with Gasteiger partial charge in [0.2, 0.25) is 0 Å². The van der Waals surface area contributed by atoms with Crippen LogP contribution in [-0.2, 0) is 18.3 Å². The smallest absolute Gasteiger partial charge is 0.0178 e. The maximum absolute atomic E-state index is 6.23. The first-order valence-electron chi connectivity index (χ1n) is 7.26. The van der Waals surface area contributed by atoms with Crippen LogP contribution < -0.4 is 5.73 Å². The van der Waals surface area contributed by atoms with Gasteiger partial charge in [-0.1, -0.05) is 52.3 Å². The number of aryl methyl sites for hydroxylation is 1. The summed E-state index contributed by atoms with van der Waals surface area (Å²) in [6.45, 7) is 0.719. The molecule has 0 bridgehead atoms. The van der Waals surface area contributed by atoms with Crippen LogP contribution >= 0.6 is 15.9 Å². The van der Waals surface area contributed by atoms with Crippen molar-refractivity contribution in [3.63, 3.8) is 0 Å². The molecule has 2 N–H and O–H groups in total. The van der Waals surface area contributed by atoms with Crippen LogP contribution in [-0.4, -0.2) is 6.54 Å². The van der Waals surface area contributed by atoms with E-state index in [4.69, 9.17) is 5.73 Å². The summed E-state index contributed by atoms with van der Waals surface area (Å²) in [5, 5.41) is 0. The van der Waals surface area contributed by atoms with Crippen molar-refractivity contribution in [2.24, 2.45) is 5.73 Å². The topological polar surface area (TPSA) is 26.0 Å². The molecule has 0 fully saturated rings. The van der Waals surface area contributed by atoms with Crippen molar-refractivity contribution in [1.29, 1.82) is 0 Å². The Morgan fingerprint density at radius 2 is 1.95 bits per heavy atom. The molecule has 3 rings (SSSR count). The molecule has 0 saturated carbocycles. The number of hydrogen-bond donors (Lipinski definition) is 1. The predicted octanol–water partition coefficient (Wildman–Crippen LogP) is 4.22. The van der Waals surface area contributed by atoms with Crippen LogP contribution in [0.4, 0.5) is 0 Å². The predicted molar refractivity (Wildman–Crippen MR) is 88.0 cm³/mol. The van der Waals surface area contributed by atoms with E-state index in [0.717, 1.165) is 17.4 Å². The first-order valence-corrected chi connectivity index (χ1v) is 8.06. The van der Waals surface area contributed by atoms with Crippen LogP contribution in [0.5, 0.6) is 0 Å². The van der Waals surface area contributed by atoms with Crippen molar-refractivity contribution >= 4 is 15.9 Å². The second kappa shape index (κ2) is 5.71. The Bertz CT molecular complexity index is 608. The first kappa shape index (κ1) is 13.8. The first-order chi connectivity index (χ1) is 9.73. The van der Waals surface area contributed by atoms with E-state index in [9.17, 15) is 0 Å². The zero-order chi connectivity index (χ0) is 14.0. The van der Waals surface area contributed by atoms with Crippen LogP contribution in [0.2, 0.25) is 0 Å². The molecule has 1 aliphatic rings. The average Bonchev–Trinajstić information content (AvgIpc) is 2.47. The van der Waals surface area contributed by atoms with Gasteiger partial charge in [0, 0.05) is 16.4 Å². The summed E-state index contributed by atoms with van der Waals surface area (Å²) in [7, 11) is 0. The highest BCUT2D eigenvalue weighted by molar-refractivity contribution is 9.10. The fourth-order valence-corrected chi connectivity index (χ4v) is 3.96. The van der Waals surface area contributed by atoms with Gasteiger partial charge < -0.3 is 5.73 Å². The van der Waals surface area contributed by atoms with E-state index >= 15 is 0 Å². The van der Waals surface area contributed by atoms with Crippen LogP contribution in [0, 0.1) is 0 Å². The van der Waals surface area contributed by atoms with Gasteiger partial charge in [0.05, 0.1) is 0 Å². The van der Waals surface area contributed by atoms with E-state index < -0.39 is 0 Å². The lowest BCUT2D eigenvalue weighted by Gasteiger charge is -2.38. The number of hydrogen-bond acceptors (Lipinski definition) is 1. The minimum Gasteiger partial charge on any atom is -0.330 e. The van der Waals surface area contributed by atoms with Gasteiger partial charge in [0.1, 0.15) is 0 Å². The number of halogens is 1. The maximum atomic E-state index is 6.23. The van der Waals surface area contributed by atoms with Gasteiger partial charge in [0.25, 0.3) is 0 Å². The third-order valence-electron chi connectivity index (χ3n) is 4.51. The standard InChI is InChI=1S/C18H20BrN/c19-16-8-3-5-14(11-16)12-18(13-20)10-4-7-15-6-1-2-9-17(15)18/h1-3,5-6,8-9,11H,4,7,10,12-13,20H2. The Balaban J connectivity index is 2.00. The van der Waals surface area contributed by atoms with Crippen LogP contribution in [0.1, 0.15) is 29.5 Å². The molecule has 1 atom stereocenters. The molecule has 0 aromatic heterocycles. The average molecular weight is 330 g/mol. The van der Waals surface area contributed by atoms with Gasteiger partial charge in [-0.2, -0.15) is 0 Å². The van der Waals surface area contributed by atoms with E-state index in [1.807, 2.05) is 0 Å². The van der Waals surface area contributed by atoms with Gasteiger partial charge in [0.15, 0.2) is 0 Å². The zero-order valence-corrected chi connectivity index (χ0v) is 13.2. The summed E-state index contributed by atoms with van der Waals surface area (Å²) >= 11 is 3.57. The molecule has 0 amide bonds. The summed E-state index contributed by atoms with van der Waals surface area (Å²) in [4.78, 5) is 0. The quantitative estimate of drug-likeness (QED) is 0.896. The van der Waals surface area contributed by atoms with Gasteiger partial charge in [-0.25, -0.2) is 0 Å². The lowest BCUT2D eigenvalue weighted by Crippen LogP contribution is -2.40. The third kappa shape index (κ3) is 2.55. The zero-order valence-electron chi connectivity index (χ0n) is 11.6. The van der Waals surface area contributed by atoms with Crippen LogP contribution in [0.15, 0.2) is 53.0 Å². The second-order valence-electron chi connectivity index (χ2n) is 5.80. The lowest BCUT2D eigenvalue weighted by molar-refractivity contribution is 0.365. The highest BCUT2D eigenvalue weighted by Gasteiger charge is 2.35. The van der Waals surface area contributed by atoms with Crippen molar-refractivity contribution in [2.45, 2.75) is 31.1 Å². The van der Waals surface area contributed by atoms with Crippen molar-refractivity contribution in [3.8, 4) is 0 Å². The fourth-order valence-electron chi connectivity index (χ4n) is 3.51. The molecule has 1 aliphatic carbocycles. The van der Waals surface area contributed by atoms with E-state index in [-0.39, 0.29) is 5.41 Å². The molecular weight excluding hydrogens is 310 g/mol. The largest absolute Gasteiger partial charge is 0.330 e. The highest BCUT2D eigenvalue weighted by Crippen LogP contribution is 2.39. The summed E-state index contributed by atoms with van der Waals surface area (Å²) < 4.78 is 1.14. The van der Waals surface area contributed by atoms with E-state index in [2.05, 4.69) is 64.5 Å². The monoisotopic (exact) mass is 329 g/mol. The van der Waals surface area contributed by atoms with Crippen LogP contribution in [0.3, 0.4) is 0 Å². The number of nitrogens with two attached hydrogens (primary N) is 1. The molecule has 104 valence electrons. The van der Waals surface area contributed by atoms with E-state index in [0.29, 0.717) is 0 Å². The number of benzene rings is 2. The van der Waals surface area contributed by atoms with Crippen molar-refractivity contribution in [3.05, 3.63) is 69.7 Å². The van der Waals surface area contributed by atoms with E-state index in [1.165, 1.54) is 36.0 Å². The fraction of sp³-hybridized carbons (Fsp3) is 0.333. The van der Waals surface area contributed by atoms with Crippen molar-refractivity contribution < 1.29 is 0 Å². The van der Waals surface area contributed by atoms with Gasteiger partial charge in [-0.15, -0.1) is 0 Å². The summed E-state index contributed by atoms with van der Waals surface area (Å²) in [6.07, 6.45) is 4.64. The molecular formula is C18H20BrN. The Kier molecular flexibility index (Phi) is 3.95. The molecule has 0 spiro atoms. The Hall–Kier alpha value is -1.12. The summed E-state index contributed by atoms with van der Waals surface area (Å²) in [5.41, 5.74) is 10.6. The molecule has 0 aliphatic heterocycles. The molecule has 2 aromatic rings. The molecule has 1 unspecified atom stereocenters. The number of rotatable bonds is 3. The van der Waals surface area contributed by atoms with Gasteiger partial charge in [-0.3, -0.25) is 0 Å². The van der Waals surface area contributed by atoms with Gasteiger partial charge in [-0.05, 0) is 54.5 Å². The van der Waals surface area contributed by atoms with Crippen molar-refractivity contribution in [2.75, 3.05) is 6.54 Å². The minimum absolute atomic E-state index is 0.107. The van der Waals surface area contributed by atoms with E-state index in [1.54, 1.807) is 0 Å². The molecule has 20 heavy (non-hydrogen) atoms. The SMILES string of the molecule is NCC1(Cc2cccc(Br)c2)CCCc2ccccc21. The molecule has 0 saturated heterocycles. The third-order valence-corrected chi connectivity index (χ3v) is 5.01. The van der Waals surface area contributed by atoms with Crippen LogP contribution in [0.25, 0.3) is 0 Å². The molecule has 0 heterocycles. The number of fused-ring (bicyclic) bond motifs is 1. The highest BCUT2D eigenvalue weighted by atomic mass is 79.9. The summed E-state index contributed by atoms with van der Waals surface area (Å²) in [5.74, 6) is 0. The Morgan fingerprint density at radius 1 is 1.10 bits per heavy atom. The van der Waals surface area contributed by atoms with Crippen molar-refractivity contribution in [1.82, 2.24) is 0 Å². The molecule has 1 nitrogen and oxygen atoms in total. The van der Waals surface area contributed by atoms with Gasteiger partial charge >= 0.3 is 0 Å². The summed E-state index contributed by atoms with van der Waals surface area (Å²) in [6, 6.07) is 17.4. The second-order valence-corrected chi connectivity index (χ2v) is 6.72. The maximum Gasteiger partial charge on any atom is 0.0178 e. The molecule has 2 heteroatoms. The Labute approximate surface area is 129 Å². The normalized spacial score (nSPS) is 21.5. The lowest BCUT2D eigenvalue weighted by atomic mass is 9.67. The molecule has 2 aromatic carbocycles. The Morgan fingerprint density at radius 3 is 2.75 bits per heavy atom.